The lowest BCUT2D eigenvalue weighted by molar-refractivity contribution is -0.149. The van der Waals surface area contributed by atoms with Crippen molar-refractivity contribution in [2.24, 2.45) is 13.0 Å². The highest BCUT2D eigenvalue weighted by atomic mass is 35.5. The van der Waals surface area contributed by atoms with Crippen molar-refractivity contribution in [3.8, 4) is 5.69 Å². The lowest BCUT2D eigenvalue weighted by Gasteiger charge is -2.31. The third-order valence-electron chi connectivity index (χ3n) is 4.78. The summed E-state index contributed by atoms with van der Waals surface area (Å²) in [7, 11) is 1.28. The number of hydrogen-bond acceptors (Lipinski definition) is 6. The fourth-order valence-corrected chi connectivity index (χ4v) is 3.35. The molecule has 1 aliphatic heterocycles. The van der Waals surface area contributed by atoms with E-state index in [1.165, 1.54) is 11.9 Å². The van der Waals surface area contributed by atoms with Crippen molar-refractivity contribution >= 4 is 23.5 Å². The van der Waals surface area contributed by atoms with Crippen molar-refractivity contribution in [3.05, 3.63) is 55.8 Å². The van der Waals surface area contributed by atoms with Crippen LogP contribution >= 0.6 is 11.6 Å². The summed E-state index contributed by atoms with van der Waals surface area (Å²) < 4.78 is 6.86. The predicted octanol–water partition coefficient (Wildman–Crippen LogP) is 1.000. The number of rotatable bonds is 4. The molecule has 154 valence electrons. The van der Waals surface area contributed by atoms with Gasteiger partial charge in [0.1, 0.15) is 0 Å². The average molecular weight is 421 g/mol. The Morgan fingerprint density at radius 1 is 1.24 bits per heavy atom. The van der Waals surface area contributed by atoms with E-state index in [1.807, 2.05) is 0 Å². The lowest BCUT2D eigenvalue weighted by atomic mass is 9.98. The lowest BCUT2D eigenvalue weighted by Crippen LogP contribution is -2.48. The summed E-state index contributed by atoms with van der Waals surface area (Å²) in [6.45, 7) is 2.51. The molecule has 0 N–H and O–H groups in total. The van der Waals surface area contributed by atoms with Crippen molar-refractivity contribution in [2.75, 3.05) is 19.7 Å². The van der Waals surface area contributed by atoms with E-state index in [-0.39, 0.29) is 24.8 Å². The second-order valence-electron chi connectivity index (χ2n) is 6.73. The van der Waals surface area contributed by atoms with Gasteiger partial charge in [-0.3, -0.25) is 19.0 Å². The van der Waals surface area contributed by atoms with Crippen molar-refractivity contribution in [3.63, 3.8) is 0 Å². The Morgan fingerprint density at radius 3 is 2.59 bits per heavy atom. The van der Waals surface area contributed by atoms with Gasteiger partial charge in [-0.15, -0.1) is 0 Å². The maximum atomic E-state index is 13.0. The molecule has 1 unspecified atom stereocenters. The second-order valence-corrected chi connectivity index (χ2v) is 7.16. The standard InChI is InChI=1S/C19H21ClN4O5/c1-3-29-18(27)12-5-4-10-23(11-12)17(26)15-16(25)22(2)19(28)24(21-15)14-8-6-13(20)7-9-14/h6-9,12H,3-5,10-11H2,1-2H3. The van der Waals surface area contributed by atoms with Crippen molar-refractivity contribution in [2.45, 2.75) is 19.8 Å². The van der Waals surface area contributed by atoms with Gasteiger partial charge in [-0.25, -0.2) is 4.79 Å². The summed E-state index contributed by atoms with van der Waals surface area (Å²) in [4.78, 5) is 51.5. The van der Waals surface area contributed by atoms with E-state index in [2.05, 4.69) is 5.10 Å². The third kappa shape index (κ3) is 4.24. The van der Waals surface area contributed by atoms with Gasteiger partial charge < -0.3 is 9.64 Å². The van der Waals surface area contributed by atoms with Crippen LogP contribution in [0.2, 0.25) is 5.02 Å². The summed E-state index contributed by atoms with van der Waals surface area (Å²) in [6, 6.07) is 6.28. The smallest absolute Gasteiger partial charge is 0.351 e. The largest absolute Gasteiger partial charge is 0.466 e. The summed E-state index contributed by atoms with van der Waals surface area (Å²) in [5, 5.41) is 4.51. The van der Waals surface area contributed by atoms with Gasteiger partial charge in [-0.05, 0) is 44.0 Å². The van der Waals surface area contributed by atoms with Crippen LogP contribution in [0.3, 0.4) is 0 Å². The maximum Gasteiger partial charge on any atom is 0.351 e. The van der Waals surface area contributed by atoms with E-state index in [4.69, 9.17) is 16.3 Å². The Balaban J connectivity index is 1.96. The molecule has 1 aromatic heterocycles. The van der Waals surface area contributed by atoms with Crippen LogP contribution in [-0.4, -0.2) is 50.8 Å². The van der Waals surface area contributed by atoms with Crippen LogP contribution in [0.1, 0.15) is 30.3 Å². The minimum atomic E-state index is -0.788. The Hall–Kier alpha value is -2.94. The van der Waals surface area contributed by atoms with Crippen LogP contribution in [0.4, 0.5) is 0 Å². The molecule has 1 aromatic carbocycles. The average Bonchev–Trinajstić information content (AvgIpc) is 2.73. The first-order valence-corrected chi connectivity index (χ1v) is 9.63. The molecular formula is C19H21ClN4O5. The highest BCUT2D eigenvalue weighted by molar-refractivity contribution is 6.30. The van der Waals surface area contributed by atoms with Crippen molar-refractivity contribution in [1.29, 1.82) is 0 Å². The fraction of sp³-hybridized carbons (Fsp3) is 0.421. The molecule has 1 fully saturated rings. The number of amides is 1. The molecule has 0 bridgehead atoms. The van der Waals surface area contributed by atoms with E-state index in [1.54, 1.807) is 31.2 Å². The Kier molecular flexibility index (Phi) is 6.17. The Labute approximate surface area is 171 Å². The SMILES string of the molecule is CCOC(=O)C1CCCN(C(=O)c2nn(-c3ccc(Cl)cc3)c(=O)n(C)c2=O)C1. The summed E-state index contributed by atoms with van der Waals surface area (Å²) in [5.74, 6) is -1.43. The summed E-state index contributed by atoms with van der Waals surface area (Å²) >= 11 is 5.88. The zero-order valence-corrected chi connectivity index (χ0v) is 16.9. The molecule has 0 spiro atoms. The molecule has 0 aliphatic carbocycles. The molecule has 1 atom stereocenters. The van der Waals surface area contributed by atoms with E-state index < -0.39 is 23.1 Å². The Morgan fingerprint density at radius 2 is 1.93 bits per heavy atom. The number of halogens is 1. The maximum absolute atomic E-state index is 13.0. The Bertz CT molecular complexity index is 1040. The number of nitrogens with zero attached hydrogens (tertiary/aromatic N) is 4. The number of hydrogen-bond donors (Lipinski definition) is 0. The van der Waals surface area contributed by atoms with E-state index >= 15 is 0 Å². The molecule has 29 heavy (non-hydrogen) atoms. The van der Waals surface area contributed by atoms with Crippen LogP contribution in [0.25, 0.3) is 5.69 Å². The molecule has 0 saturated carbocycles. The van der Waals surface area contributed by atoms with Gasteiger partial charge in [-0.2, -0.15) is 9.78 Å². The minimum Gasteiger partial charge on any atom is -0.466 e. The van der Waals surface area contributed by atoms with Crippen LogP contribution in [0, 0.1) is 5.92 Å². The molecular weight excluding hydrogens is 400 g/mol. The zero-order valence-electron chi connectivity index (χ0n) is 16.1. The topological polar surface area (TPSA) is 104 Å². The minimum absolute atomic E-state index is 0.141. The first kappa shape index (κ1) is 20.8. The quantitative estimate of drug-likeness (QED) is 0.683. The highest BCUT2D eigenvalue weighted by Crippen LogP contribution is 2.19. The fourth-order valence-electron chi connectivity index (χ4n) is 3.22. The van der Waals surface area contributed by atoms with Gasteiger partial charge >= 0.3 is 11.7 Å². The van der Waals surface area contributed by atoms with Gasteiger partial charge in [0.15, 0.2) is 0 Å². The molecule has 1 aliphatic rings. The van der Waals surface area contributed by atoms with Crippen LogP contribution in [0.15, 0.2) is 33.9 Å². The van der Waals surface area contributed by atoms with Gasteiger partial charge in [0.05, 0.1) is 18.2 Å². The molecule has 1 saturated heterocycles. The first-order chi connectivity index (χ1) is 13.8. The van der Waals surface area contributed by atoms with Crippen LogP contribution < -0.4 is 11.2 Å². The number of ether oxygens (including phenoxy) is 1. The molecule has 9 nitrogen and oxygen atoms in total. The number of likely N-dealkylation sites (tertiary alicyclic amines) is 1. The first-order valence-electron chi connectivity index (χ1n) is 9.25. The van der Waals surface area contributed by atoms with Crippen LogP contribution in [-0.2, 0) is 16.6 Å². The number of carbonyl (C=O) groups is 2. The summed E-state index contributed by atoms with van der Waals surface area (Å²) in [5.41, 5.74) is -1.49. The van der Waals surface area contributed by atoms with E-state index in [0.717, 1.165) is 9.25 Å². The van der Waals surface area contributed by atoms with Gasteiger partial charge in [0.25, 0.3) is 11.5 Å². The number of carbonyl (C=O) groups excluding carboxylic acids is 2. The molecule has 2 aromatic rings. The second kappa shape index (κ2) is 8.60. The molecule has 3 rings (SSSR count). The molecule has 0 radical (unpaired) electrons. The third-order valence-corrected chi connectivity index (χ3v) is 5.03. The van der Waals surface area contributed by atoms with Crippen LogP contribution in [0.5, 0.6) is 0 Å². The zero-order chi connectivity index (χ0) is 21.1. The van der Waals surface area contributed by atoms with E-state index in [0.29, 0.717) is 30.1 Å². The van der Waals surface area contributed by atoms with E-state index in [9.17, 15) is 19.2 Å². The van der Waals surface area contributed by atoms with Gasteiger partial charge in [-0.1, -0.05) is 11.6 Å². The van der Waals surface area contributed by atoms with Crippen molar-refractivity contribution < 1.29 is 14.3 Å². The van der Waals surface area contributed by atoms with Gasteiger partial charge in [0.2, 0.25) is 5.69 Å². The highest BCUT2D eigenvalue weighted by Gasteiger charge is 2.32. The number of benzene rings is 1. The molecule has 10 heteroatoms. The number of piperidine rings is 1. The number of esters is 1. The van der Waals surface area contributed by atoms with Gasteiger partial charge in [0, 0.05) is 25.2 Å². The van der Waals surface area contributed by atoms with Crippen molar-refractivity contribution in [1.82, 2.24) is 19.2 Å². The normalized spacial score (nSPS) is 16.5. The number of aromatic nitrogens is 3. The molecule has 2 heterocycles. The summed E-state index contributed by atoms with van der Waals surface area (Å²) in [6.07, 6.45) is 1.21. The predicted molar refractivity (Wildman–Crippen MR) is 105 cm³/mol. The monoisotopic (exact) mass is 420 g/mol. The molecule has 1 amide bonds.